The van der Waals surface area contributed by atoms with Crippen LogP contribution in [-0.4, -0.2) is 5.91 Å². The molecule has 0 saturated carbocycles. The van der Waals surface area contributed by atoms with Crippen molar-refractivity contribution in [2.75, 3.05) is 0 Å². The first-order valence-corrected chi connectivity index (χ1v) is 8.93. The highest BCUT2D eigenvalue weighted by molar-refractivity contribution is 6.31. The number of carbonyl (C=O) groups excluding carboxylic acids is 1. The summed E-state index contributed by atoms with van der Waals surface area (Å²) in [5, 5.41) is 3.54. The minimum Gasteiger partial charge on any atom is -0.489 e. The number of hydrogen-bond acceptors (Lipinski definition) is 2. The lowest BCUT2D eigenvalue weighted by Crippen LogP contribution is -2.26. The molecule has 3 aromatic rings. The zero-order valence-corrected chi connectivity index (χ0v) is 15.5. The van der Waals surface area contributed by atoms with Gasteiger partial charge in [-0.15, -0.1) is 0 Å². The van der Waals surface area contributed by atoms with Gasteiger partial charge in [0, 0.05) is 16.1 Å². The van der Waals surface area contributed by atoms with Crippen LogP contribution in [0.5, 0.6) is 5.75 Å². The van der Waals surface area contributed by atoms with E-state index in [9.17, 15) is 9.18 Å². The average Bonchev–Trinajstić information content (AvgIpc) is 2.68. The lowest BCUT2D eigenvalue weighted by molar-refractivity contribution is 0.0939. The van der Waals surface area contributed by atoms with E-state index in [4.69, 9.17) is 16.3 Å². The Morgan fingerprint density at radius 2 is 1.81 bits per heavy atom. The molecule has 0 aliphatic heterocycles. The second kappa shape index (κ2) is 8.69. The van der Waals surface area contributed by atoms with Gasteiger partial charge in [-0.2, -0.15) is 0 Å². The fourth-order valence-corrected chi connectivity index (χ4v) is 2.81. The second-order valence-electron chi connectivity index (χ2n) is 6.15. The number of hydrogen-bond donors (Lipinski definition) is 1. The minimum atomic E-state index is -0.305. The number of halogens is 2. The molecule has 27 heavy (non-hydrogen) atoms. The van der Waals surface area contributed by atoms with E-state index in [-0.39, 0.29) is 17.8 Å². The first kappa shape index (κ1) is 18.9. The van der Waals surface area contributed by atoms with Crippen LogP contribution in [0.25, 0.3) is 0 Å². The molecule has 3 nitrogen and oxygen atoms in total. The summed E-state index contributed by atoms with van der Waals surface area (Å²) < 4.78 is 18.8. The van der Waals surface area contributed by atoms with Crippen molar-refractivity contribution in [3.8, 4) is 5.75 Å². The van der Waals surface area contributed by atoms with Crippen molar-refractivity contribution in [3.05, 3.63) is 100 Å². The summed E-state index contributed by atoms with van der Waals surface area (Å²) >= 11 is 6.13. The minimum absolute atomic E-state index is 0.227. The maximum atomic E-state index is 13.0. The topological polar surface area (TPSA) is 38.3 Å². The molecular weight excluding hydrogens is 365 g/mol. The molecule has 0 heterocycles. The summed E-state index contributed by atoms with van der Waals surface area (Å²) in [5.74, 6) is 0.0488. The summed E-state index contributed by atoms with van der Waals surface area (Å²) in [4.78, 5) is 12.5. The molecule has 1 N–H and O–H groups in total. The van der Waals surface area contributed by atoms with Crippen molar-refractivity contribution >= 4 is 17.5 Å². The van der Waals surface area contributed by atoms with E-state index < -0.39 is 0 Å². The Hall–Kier alpha value is -2.85. The van der Waals surface area contributed by atoms with Crippen molar-refractivity contribution < 1.29 is 13.9 Å². The highest BCUT2D eigenvalue weighted by atomic mass is 35.5. The van der Waals surface area contributed by atoms with Crippen LogP contribution in [0.4, 0.5) is 4.39 Å². The Bertz CT molecular complexity index is 928. The third-order valence-electron chi connectivity index (χ3n) is 4.17. The van der Waals surface area contributed by atoms with Gasteiger partial charge < -0.3 is 10.1 Å². The molecule has 0 spiro atoms. The Balaban J connectivity index is 1.64. The summed E-state index contributed by atoms with van der Waals surface area (Å²) in [6.07, 6.45) is 0. The van der Waals surface area contributed by atoms with Gasteiger partial charge in [-0.05, 0) is 48.9 Å². The predicted octanol–water partition coefficient (Wildman–Crippen LogP) is 5.55. The molecule has 3 aromatic carbocycles. The zero-order valence-electron chi connectivity index (χ0n) is 14.8. The number of ether oxygens (including phenoxy) is 1. The number of carbonyl (C=O) groups is 1. The maximum absolute atomic E-state index is 13.0. The molecule has 1 atom stereocenters. The highest BCUT2D eigenvalue weighted by Gasteiger charge is 2.12. The molecular formula is C22H19ClFNO2. The normalized spacial score (nSPS) is 11.7. The molecule has 5 heteroatoms. The number of amides is 1. The molecule has 1 amide bonds. The van der Waals surface area contributed by atoms with Crippen LogP contribution >= 0.6 is 11.6 Å². The number of rotatable bonds is 6. The highest BCUT2D eigenvalue weighted by Crippen LogP contribution is 2.20. The predicted molar refractivity (Wildman–Crippen MR) is 105 cm³/mol. The van der Waals surface area contributed by atoms with Crippen molar-refractivity contribution in [3.63, 3.8) is 0 Å². The average molecular weight is 384 g/mol. The SMILES string of the molecule is CC(NC(=O)c1cccc(OCc2ccccc2Cl)c1)c1ccc(F)cc1. The van der Waals surface area contributed by atoms with Gasteiger partial charge in [-0.1, -0.05) is 48.0 Å². The Labute approximate surface area is 162 Å². The van der Waals surface area contributed by atoms with Crippen molar-refractivity contribution in [1.82, 2.24) is 5.32 Å². The third kappa shape index (κ3) is 5.08. The molecule has 0 fully saturated rings. The zero-order chi connectivity index (χ0) is 19.2. The molecule has 0 aliphatic carbocycles. The van der Waals surface area contributed by atoms with Gasteiger partial charge in [-0.25, -0.2) is 4.39 Å². The van der Waals surface area contributed by atoms with Gasteiger partial charge >= 0.3 is 0 Å². The quantitative estimate of drug-likeness (QED) is 0.606. The standard InChI is InChI=1S/C22H19ClFNO2/c1-15(16-9-11-19(24)12-10-16)25-22(26)17-6-4-7-20(13-17)27-14-18-5-2-3-8-21(18)23/h2-13,15H,14H2,1H3,(H,25,26). The van der Waals surface area contributed by atoms with E-state index in [0.29, 0.717) is 22.9 Å². The lowest BCUT2D eigenvalue weighted by Gasteiger charge is -2.15. The molecule has 0 bridgehead atoms. The van der Waals surface area contributed by atoms with Crippen LogP contribution in [-0.2, 0) is 6.61 Å². The van der Waals surface area contributed by atoms with Gasteiger partial charge in [0.15, 0.2) is 0 Å². The molecule has 138 valence electrons. The van der Waals surface area contributed by atoms with Crippen molar-refractivity contribution in [2.24, 2.45) is 0 Å². The van der Waals surface area contributed by atoms with Crippen molar-refractivity contribution in [1.29, 1.82) is 0 Å². The number of nitrogens with one attached hydrogen (secondary N) is 1. The van der Waals surface area contributed by atoms with Crippen LogP contribution in [0.3, 0.4) is 0 Å². The Morgan fingerprint density at radius 1 is 1.07 bits per heavy atom. The van der Waals surface area contributed by atoms with E-state index in [1.807, 2.05) is 25.1 Å². The molecule has 1 unspecified atom stereocenters. The number of benzene rings is 3. The van der Waals surface area contributed by atoms with E-state index in [1.54, 1.807) is 42.5 Å². The van der Waals surface area contributed by atoms with Crippen LogP contribution < -0.4 is 10.1 Å². The van der Waals surface area contributed by atoms with Crippen LogP contribution in [0.1, 0.15) is 34.5 Å². The van der Waals surface area contributed by atoms with Gasteiger partial charge in [0.05, 0.1) is 6.04 Å². The fraction of sp³-hybridized carbons (Fsp3) is 0.136. The van der Waals surface area contributed by atoms with Crippen LogP contribution in [0.15, 0.2) is 72.8 Å². The first-order valence-electron chi connectivity index (χ1n) is 8.55. The van der Waals surface area contributed by atoms with E-state index in [0.717, 1.165) is 11.1 Å². The van der Waals surface area contributed by atoms with E-state index >= 15 is 0 Å². The molecule has 0 saturated heterocycles. The Morgan fingerprint density at radius 3 is 2.56 bits per heavy atom. The molecule has 0 radical (unpaired) electrons. The molecule has 0 aromatic heterocycles. The molecule has 3 rings (SSSR count). The summed E-state index contributed by atoms with van der Waals surface area (Å²) in [6, 6.07) is 20.2. The fourth-order valence-electron chi connectivity index (χ4n) is 2.62. The summed E-state index contributed by atoms with van der Waals surface area (Å²) in [7, 11) is 0. The summed E-state index contributed by atoms with van der Waals surface area (Å²) in [5.41, 5.74) is 2.19. The van der Waals surface area contributed by atoms with E-state index in [2.05, 4.69) is 5.32 Å². The van der Waals surface area contributed by atoms with Gasteiger partial charge in [0.25, 0.3) is 5.91 Å². The van der Waals surface area contributed by atoms with Gasteiger partial charge in [-0.3, -0.25) is 4.79 Å². The van der Waals surface area contributed by atoms with Crippen LogP contribution in [0.2, 0.25) is 5.02 Å². The van der Waals surface area contributed by atoms with Gasteiger partial charge in [0.2, 0.25) is 0 Å². The third-order valence-corrected chi connectivity index (χ3v) is 4.53. The van der Waals surface area contributed by atoms with E-state index in [1.165, 1.54) is 12.1 Å². The summed E-state index contributed by atoms with van der Waals surface area (Å²) in [6.45, 7) is 2.17. The maximum Gasteiger partial charge on any atom is 0.251 e. The van der Waals surface area contributed by atoms with Crippen molar-refractivity contribution in [2.45, 2.75) is 19.6 Å². The van der Waals surface area contributed by atoms with Crippen LogP contribution in [0, 0.1) is 5.82 Å². The lowest BCUT2D eigenvalue weighted by atomic mass is 10.1. The first-order chi connectivity index (χ1) is 13.0. The smallest absolute Gasteiger partial charge is 0.251 e. The second-order valence-corrected chi connectivity index (χ2v) is 6.56. The Kier molecular flexibility index (Phi) is 6.09. The molecule has 0 aliphatic rings. The monoisotopic (exact) mass is 383 g/mol. The van der Waals surface area contributed by atoms with Gasteiger partial charge in [0.1, 0.15) is 18.2 Å². The largest absolute Gasteiger partial charge is 0.489 e.